The van der Waals surface area contributed by atoms with Crippen LogP contribution >= 0.6 is 0 Å². The molecule has 1 aromatic carbocycles. The maximum absolute atomic E-state index is 12.8. The normalized spacial score (nSPS) is 21.6. The van der Waals surface area contributed by atoms with Crippen molar-refractivity contribution in [3.05, 3.63) is 29.8 Å². The van der Waals surface area contributed by atoms with Crippen LogP contribution < -0.4 is 4.31 Å². The van der Waals surface area contributed by atoms with E-state index < -0.39 is 16.0 Å². The minimum atomic E-state index is -3.34. The molecule has 23 heavy (non-hydrogen) atoms. The van der Waals surface area contributed by atoms with Crippen molar-refractivity contribution in [2.45, 2.75) is 38.5 Å². The predicted molar refractivity (Wildman–Crippen MR) is 89.0 cm³/mol. The summed E-state index contributed by atoms with van der Waals surface area (Å²) in [6.45, 7) is 0.402. The van der Waals surface area contributed by atoms with E-state index in [1.165, 1.54) is 4.31 Å². The first-order valence-corrected chi connectivity index (χ1v) is 9.87. The van der Waals surface area contributed by atoms with E-state index in [0.717, 1.165) is 36.9 Å². The monoisotopic (exact) mass is 337 g/mol. The number of para-hydroxylation sites is 1. The van der Waals surface area contributed by atoms with Gasteiger partial charge in [0.05, 0.1) is 11.4 Å². The van der Waals surface area contributed by atoms with Gasteiger partial charge in [-0.2, -0.15) is 0 Å². The molecule has 1 aliphatic carbocycles. The van der Waals surface area contributed by atoms with Gasteiger partial charge >= 0.3 is 5.97 Å². The average Bonchev–Trinajstić information content (AvgIpc) is 2.48. The van der Waals surface area contributed by atoms with Crippen molar-refractivity contribution in [3.8, 4) is 0 Å². The minimum Gasteiger partial charge on any atom is -0.481 e. The van der Waals surface area contributed by atoms with E-state index in [2.05, 4.69) is 0 Å². The number of carbonyl (C=O) groups is 1. The second-order valence-electron chi connectivity index (χ2n) is 6.74. The summed E-state index contributed by atoms with van der Waals surface area (Å²) in [4.78, 5) is 10.8. The van der Waals surface area contributed by atoms with Crippen LogP contribution in [0.3, 0.4) is 0 Å². The zero-order chi connectivity index (χ0) is 16.4. The van der Waals surface area contributed by atoms with E-state index in [9.17, 15) is 13.2 Å². The molecule has 1 aliphatic heterocycles. The minimum absolute atomic E-state index is 0.0668. The molecular weight excluding hydrogens is 314 g/mol. The van der Waals surface area contributed by atoms with Gasteiger partial charge in [0.15, 0.2) is 0 Å². The third-order valence-corrected chi connectivity index (χ3v) is 6.88. The van der Waals surface area contributed by atoms with Crippen LogP contribution in [0.2, 0.25) is 0 Å². The molecule has 0 aromatic heterocycles. The summed E-state index contributed by atoms with van der Waals surface area (Å²) in [7, 11) is -3.34. The summed E-state index contributed by atoms with van der Waals surface area (Å²) in [5.74, 6) is -0.260. The molecule has 2 aliphatic rings. The molecule has 1 saturated carbocycles. The molecule has 1 aromatic rings. The third-order valence-electron chi connectivity index (χ3n) is 4.97. The number of nitrogens with zero attached hydrogens (tertiary/aromatic N) is 1. The Bertz CT molecular complexity index is 682. The van der Waals surface area contributed by atoms with E-state index >= 15 is 0 Å². The van der Waals surface area contributed by atoms with Crippen molar-refractivity contribution in [1.82, 2.24) is 0 Å². The average molecular weight is 337 g/mol. The first-order valence-electron chi connectivity index (χ1n) is 8.26. The summed E-state index contributed by atoms with van der Waals surface area (Å²) < 4.78 is 27.2. The molecule has 1 atom stereocenters. The van der Waals surface area contributed by atoms with E-state index in [0.29, 0.717) is 13.0 Å². The molecule has 1 fully saturated rings. The summed E-state index contributed by atoms with van der Waals surface area (Å²) in [6.07, 6.45) is 4.47. The molecule has 5 nitrogen and oxygen atoms in total. The lowest BCUT2D eigenvalue weighted by atomic mass is 9.87. The summed E-state index contributed by atoms with van der Waals surface area (Å²) in [5.41, 5.74) is 1.78. The molecule has 0 bridgehead atoms. The molecule has 1 unspecified atom stereocenters. The molecule has 1 N–H and O–H groups in total. The molecule has 0 saturated heterocycles. The first-order chi connectivity index (χ1) is 11.0. The van der Waals surface area contributed by atoms with Gasteiger partial charge in [-0.25, -0.2) is 8.42 Å². The second kappa shape index (κ2) is 6.51. The highest BCUT2D eigenvalue weighted by atomic mass is 32.2. The van der Waals surface area contributed by atoms with Gasteiger partial charge in [0.2, 0.25) is 10.0 Å². The van der Waals surface area contributed by atoms with Gasteiger partial charge in [-0.05, 0) is 49.1 Å². The summed E-state index contributed by atoms with van der Waals surface area (Å²) >= 11 is 0. The van der Waals surface area contributed by atoms with Crippen LogP contribution in [0.15, 0.2) is 24.3 Å². The molecular formula is C17H23NO4S. The van der Waals surface area contributed by atoms with E-state index in [4.69, 9.17) is 5.11 Å². The molecule has 126 valence electrons. The number of hydrogen-bond donors (Lipinski definition) is 1. The van der Waals surface area contributed by atoms with Gasteiger partial charge in [0.1, 0.15) is 0 Å². The Morgan fingerprint density at radius 3 is 2.61 bits per heavy atom. The fourth-order valence-electron chi connectivity index (χ4n) is 3.47. The van der Waals surface area contributed by atoms with Crippen molar-refractivity contribution in [2.24, 2.45) is 11.8 Å². The smallest absolute Gasteiger partial charge is 0.303 e. The largest absolute Gasteiger partial charge is 0.481 e. The fourth-order valence-corrected chi connectivity index (χ4v) is 5.49. The van der Waals surface area contributed by atoms with Crippen molar-refractivity contribution in [2.75, 3.05) is 16.6 Å². The predicted octanol–water partition coefficient (Wildman–Crippen LogP) is 2.66. The van der Waals surface area contributed by atoms with Crippen molar-refractivity contribution in [1.29, 1.82) is 0 Å². The highest BCUT2D eigenvalue weighted by Gasteiger charge is 2.34. The number of benzene rings is 1. The zero-order valence-corrected chi connectivity index (χ0v) is 14.0. The quantitative estimate of drug-likeness (QED) is 0.866. The molecule has 6 heteroatoms. The van der Waals surface area contributed by atoms with Gasteiger partial charge in [0.25, 0.3) is 0 Å². The SMILES string of the molecule is O=C(O)CCC1Cc2ccccc2N(S(=O)(=O)CC2CCC2)C1. The van der Waals surface area contributed by atoms with Crippen molar-refractivity contribution in [3.63, 3.8) is 0 Å². The Labute approximate surface area is 137 Å². The van der Waals surface area contributed by atoms with Crippen LogP contribution in [-0.4, -0.2) is 31.8 Å². The number of fused-ring (bicyclic) bond motifs is 1. The fraction of sp³-hybridized carbons (Fsp3) is 0.588. The van der Waals surface area contributed by atoms with Crippen molar-refractivity contribution < 1.29 is 18.3 Å². The van der Waals surface area contributed by atoms with Crippen LogP contribution in [0.25, 0.3) is 0 Å². The van der Waals surface area contributed by atoms with Gasteiger partial charge < -0.3 is 5.11 Å². The Hall–Kier alpha value is -1.56. The number of sulfonamides is 1. The highest BCUT2D eigenvalue weighted by Crippen LogP contribution is 2.36. The number of hydrogen-bond acceptors (Lipinski definition) is 3. The Morgan fingerprint density at radius 1 is 1.22 bits per heavy atom. The number of aliphatic carboxylic acids is 1. The van der Waals surface area contributed by atoms with Crippen LogP contribution in [-0.2, 0) is 21.2 Å². The number of carboxylic acid groups (broad SMARTS) is 1. The van der Waals surface area contributed by atoms with Gasteiger partial charge in [-0.3, -0.25) is 9.10 Å². The van der Waals surface area contributed by atoms with Crippen LogP contribution in [0.1, 0.15) is 37.7 Å². The highest BCUT2D eigenvalue weighted by molar-refractivity contribution is 7.92. The lowest BCUT2D eigenvalue weighted by Crippen LogP contribution is -2.43. The summed E-state index contributed by atoms with van der Waals surface area (Å²) in [6, 6.07) is 7.59. The lowest BCUT2D eigenvalue weighted by molar-refractivity contribution is -0.137. The van der Waals surface area contributed by atoms with Crippen LogP contribution in [0, 0.1) is 11.8 Å². The number of rotatable bonds is 6. The Balaban J connectivity index is 1.83. The topological polar surface area (TPSA) is 74.7 Å². The zero-order valence-electron chi connectivity index (χ0n) is 13.1. The number of carboxylic acids is 1. The molecule has 0 amide bonds. The van der Waals surface area contributed by atoms with E-state index in [-0.39, 0.29) is 24.0 Å². The first kappa shape index (κ1) is 16.3. The summed E-state index contributed by atoms with van der Waals surface area (Å²) in [5, 5.41) is 8.89. The van der Waals surface area contributed by atoms with Crippen molar-refractivity contribution >= 4 is 21.7 Å². The molecule has 0 spiro atoms. The standard InChI is InChI=1S/C17H23NO4S/c19-17(20)9-8-14-10-15-6-1-2-7-16(15)18(11-14)23(21,22)12-13-4-3-5-13/h1-2,6-7,13-14H,3-5,8-12H2,(H,19,20). The third kappa shape index (κ3) is 3.68. The Kier molecular flexibility index (Phi) is 4.62. The number of anilines is 1. The molecule has 3 rings (SSSR count). The molecule has 0 radical (unpaired) electrons. The maximum atomic E-state index is 12.8. The second-order valence-corrected chi connectivity index (χ2v) is 8.68. The Morgan fingerprint density at radius 2 is 1.96 bits per heavy atom. The van der Waals surface area contributed by atoms with Gasteiger partial charge in [-0.1, -0.05) is 24.6 Å². The molecule has 1 heterocycles. The van der Waals surface area contributed by atoms with E-state index in [1.54, 1.807) is 0 Å². The van der Waals surface area contributed by atoms with Gasteiger partial charge in [-0.15, -0.1) is 0 Å². The maximum Gasteiger partial charge on any atom is 0.303 e. The van der Waals surface area contributed by atoms with E-state index in [1.807, 2.05) is 24.3 Å². The van der Waals surface area contributed by atoms with Crippen LogP contribution in [0.5, 0.6) is 0 Å². The van der Waals surface area contributed by atoms with Gasteiger partial charge in [0, 0.05) is 13.0 Å². The van der Waals surface area contributed by atoms with Crippen LogP contribution in [0.4, 0.5) is 5.69 Å². The lowest BCUT2D eigenvalue weighted by Gasteiger charge is -2.37.